The van der Waals surface area contributed by atoms with Crippen molar-refractivity contribution >= 4 is 38.2 Å². The van der Waals surface area contributed by atoms with Crippen molar-refractivity contribution in [2.75, 3.05) is 26.3 Å². The number of nitriles is 1. The van der Waals surface area contributed by atoms with Crippen LogP contribution in [0.25, 0.3) is 0 Å². The van der Waals surface area contributed by atoms with Crippen LogP contribution in [-0.4, -0.2) is 99.2 Å². The Kier molecular flexibility index (Phi) is 18.9. The normalized spacial score (nSPS) is 15.6. The quantitative estimate of drug-likeness (QED) is 0.0969. The number of hydrogen-bond acceptors (Lipinski definition) is 9. The zero-order valence-corrected chi connectivity index (χ0v) is 40.9. The molecule has 15 heteroatoms. The number of nitrogens with one attached hydrogen (secondary N) is 4. The van der Waals surface area contributed by atoms with Gasteiger partial charge in [-0.3, -0.25) is 19.7 Å². The summed E-state index contributed by atoms with van der Waals surface area (Å²) in [5.41, 5.74) is 2.18. The molecule has 4 N–H and O–H groups in total. The van der Waals surface area contributed by atoms with Crippen LogP contribution < -0.4 is 21.3 Å². The van der Waals surface area contributed by atoms with Crippen LogP contribution in [0.5, 0.6) is 0 Å². The van der Waals surface area contributed by atoms with Crippen LogP contribution in [0, 0.1) is 23.2 Å². The number of benzene rings is 3. The molecule has 1 saturated heterocycles. The lowest BCUT2D eigenvalue weighted by atomic mass is 9.88. The first kappa shape index (κ1) is 52.1. The fraction of sp³-hybridized carbons (Fsp3) is 0.520. The largest absolute Gasteiger partial charge is 0.444 e. The number of nitrogens with zero attached hydrogens (tertiary/aromatic N) is 2. The highest BCUT2D eigenvalue weighted by Crippen LogP contribution is 2.39. The van der Waals surface area contributed by atoms with Crippen molar-refractivity contribution in [3.63, 3.8) is 0 Å². The number of amides is 6. The van der Waals surface area contributed by atoms with E-state index in [1.807, 2.05) is 60.7 Å². The molecular weight excluding hydrogens is 841 g/mol. The van der Waals surface area contributed by atoms with Crippen LogP contribution in [0.4, 0.5) is 9.59 Å². The first-order chi connectivity index (χ1) is 30.5. The van der Waals surface area contributed by atoms with Crippen LogP contribution >= 0.6 is 0 Å². The number of ether oxygens (including phenoxy) is 2. The van der Waals surface area contributed by atoms with Gasteiger partial charge in [0.15, 0.2) is 8.32 Å². The molecule has 5 unspecified atom stereocenters. The number of urea groups is 1. The predicted molar refractivity (Wildman–Crippen MR) is 253 cm³/mol. The van der Waals surface area contributed by atoms with Gasteiger partial charge in [0.25, 0.3) is 5.91 Å². The first-order valence-electron chi connectivity index (χ1n) is 22.6. The second kappa shape index (κ2) is 23.6. The fourth-order valence-electron chi connectivity index (χ4n) is 7.18. The van der Waals surface area contributed by atoms with Gasteiger partial charge >= 0.3 is 12.1 Å². The van der Waals surface area contributed by atoms with E-state index in [1.165, 1.54) is 4.90 Å². The lowest BCUT2D eigenvalue weighted by molar-refractivity contribution is -0.134. The van der Waals surface area contributed by atoms with Gasteiger partial charge in [0.2, 0.25) is 11.8 Å². The van der Waals surface area contributed by atoms with Gasteiger partial charge in [0.1, 0.15) is 17.7 Å². The van der Waals surface area contributed by atoms with Gasteiger partial charge in [-0.15, -0.1) is 0 Å². The summed E-state index contributed by atoms with van der Waals surface area (Å²) in [6, 6.07) is 24.6. The molecule has 14 nitrogen and oxygen atoms in total. The van der Waals surface area contributed by atoms with Gasteiger partial charge in [0, 0.05) is 25.4 Å². The zero-order chi connectivity index (χ0) is 48.0. The Balaban J connectivity index is 1.72. The minimum absolute atomic E-state index is 0.0921. The molecule has 3 aromatic carbocycles. The van der Waals surface area contributed by atoms with Crippen LogP contribution in [0.3, 0.4) is 0 Å². The summed E-state index contributed by atoms with van der Waals surface area (Å²) in [6.45, 7) is 21.0. The Morgan fingerprint density at radius 3 is 1.82 bits per heavy atom. The first-order valence-corrected chi connectivity index (χ1v) is 25.5. The maximum Gasteiger partial charge on any atom is 0.407 e. The Bertz CT molecular complexity index is 2070. The number of hydrogen-bond donors (Lipinski definition) is 4. The standard InChI is InChI=1S/C50H70N6O8Si/c1-34(2)43(46(59)52-41(31-36-19-15-12-16-20-36)45(58)55-47(60)56-25-27-62-28-26-56)54-44(57)39(29-37-21-23-38(33-51)24-22-37)32-42(64-65(9,10)50(6,7)8)40(30-35-17-13-11-14-18-35)53-48(61)63-49(3,4)5/h11-24,34,39-43H,25-32H2,1-10H3,(H,52,59)(H,53,61)(H,54,57)(H,55,58,60). The molecule has 0 spiro atoms. The Morgan fingerprint density at radius 1 is 0.738 bits per heavy atom. The number of carbonyl (C=O) groups excluding carboxylic acids is 5. The van der Waals surface area contributed by atoms with Crippen molar-refractivity contribution in [2.24, 2.45) is 11.8 Å². The smallest absolute Gasteiger partial charge is 0.407 e. The van der Waals surface area contributed by atoms with E-state index < -0.39 is 79.8 Å². The molecule has 1 aliphatic heterocycles. The maximum absolute atomic E-state index is 15.0. The van der Waals surface area contributed by atoms with E-state index in [0.717, 1.165) is 16.7 Å². The highest BCUT2D eigenvalue weighted by molar-refractivity contribution is 6.74. The van der Waals surface area contributed by atoms with E-state index in [1.54, 1.807) is 58.9 Å². The molecule has 352 valence electrons. The van der Waals surface area contributed by atoms with Crippen LogP contribution in [-0.2, 0) is 47.5 Å². The summed E-state index contributed by atoms with van der Waals surface area (Å²) in [5.74, 6) is -2.94. The minimum Gasteiger partial charge on any atom is -0.444 e. The number of carbonyl (C=O) groups is 5. The molecule has 0 saturated carbocycles. The van der Waals surface area contributed by atoms with Crippen LogP contribution in [0.1, 0.15) is 84.1 Å². The summed E-state index contributed by atoms with van der Waals surface area (Å²) < 4.78 is 18.3. The maximum atomic E-state index is 15.0. The van der Waals surface area contributed by atoms with Crippen molar-refractivity contribution in [3.8, 4) is 6.07 Å². The van der Waals surface area contributed by atoms with E-state index >= 15 is 0 Å². The van der Waals surface area contributed by atoms with E-state index in [2.05, 4.69) is 61.2 Å². The second-order valence-corrected chi connectivity index (χ2v) is 24.4. The van der Waals surface area contributed by atoms with Crippen LogP contribution in [0.15, 0.2) is 84.9 Å². The summed E-state index contributed by atoms with van der Waals surface area (Å²) >= 11 is 0. The number of rotatable bonds is 18. The van der Waals surface area contributed by atoms with Crippen molar-refractivity contribution in [2.45, 2.75) is 129 Å². The number of morpholine rings is 1. The summed E-state index contributed by atoms with van der Waals surface area (Å²) in [5, 5.41) is 20.8. The van der Waals surface area contributed by atoms with E-state index in [0.29, 0.717) is 38.3 Å². The van der Waals surface area contributed by atoms with Gasteiger partial charge < -0.3 is 34.8 Å². The molecule has 1 heterocycles. The van der Waals surface area contributed by atoms with E-state index in [9.17, 15) is 29.2 Å². The SMILES string of the molecule is CC(C)C(NC(=O)C(Cc1ccc(C#N)cc1)CC(O[Si](C)(C)C(C)(C)C)C(Cc1ccccc1)NC(=O)OC(C)(C)C)C(=O)NC(Cc1ccccc1)C(=O)NC(=O)N1CCOCC1. The third-order valence-electron chi connectivity index (χ3n) is 11.8. The lowest BCUT2D eigenvalue weighted by Crippen LogP contribution is -2.59. The molecule has 0 aliphatic carbocycles. The Morgan fingerprint density at radius 2 is 1.29 bits per heavy atom. The monoisotopic (exact) mass is 911 g/mol. The Labute approximate surface area is 386 Å². The van der Waals surface area contributed by atoms with Gasteiger partial charge in [-0.2, -0.15) is 5.26 Å². The van der Waals surface area contributed by atoms with Gasteiger partial charge in [-0.1, -0.05) is 107 Å². The molecule has 65 heavy (non-hydrogen) atoms. The average Bonchev–Trinajstić information content (AvgIpc) is 3.24. The molecule has 3 aromatic rings. The van der Waals surface area contributed by atoms with Crippen molar-refractivity contribution < 1.29 is 37.9 Å². The highest BCUT2D eigenvalue weighted by Gasteiger charge is 2.43. The van der Waals surface area contributed by atoms with E-state index in [4.69, 9.17) is 13.9 Å². The minimum atomic E-state index is -2.60. The van der Waals surface area contributed by atoms with Crippen molar-refractivity contribution in [1.29, 1.82) is 5.26 Å². The van der Waals surface area contributed by atoms with Crippen LogP contribution in [0.2, 0.25) is 18.1 Å². The zero-order valence-electron chi connectivity index (χ0n) is 39.9. The van der Waals surface area contributed by atoms with E-state index in [-0.39, 0.29) is 24.3 Å². The van der Waals surface area contributed by atoms with Gasteiger partial charge in [-0.25, -0.2) is 9.59 Å². The molecule has 0 radical (unpaired) electrons. The summed E-state index contributed by atoms with van der Waals surface area (Å²) in [7, 11) is -2.60. The summed E-state index contributed by atoms with van der Waals surface area (Å²) in [4.78, 5) is 71.4. The third kappa shape index (κ3) is 16.7. The van der Waals surface area contributed by atoms with Gasteiger partial charge in [-0.05, 0) is 92.9 Å². The molecule has 6 amide bonds. The van der Waals surface area contributed by atoms with Gasteiger partial charge in [0.05, 0.1) is 37.0 Å². The molecule has 1 fully saturated rings. The Hall–Kier alpha value is -5.56. The predicted octanol–water partition coefficient (Wildman–Crippen LogP) is 7.07. The molecule has 5 atom stereocenters. The number of alkyl carbamates (subject to hydrolysis) is 1. The molecule has 1 aliphatic rings. The molecule has 0 bridgehead atoms. The third-order valence-corrected chi connectivity index (χ3v) is 16.3. The second-order valence-electron chi connectivity index (χ2n) is 19.7. The van der Waals surface area contributed by atoms with Crippen molar-refractivity contribution in [1.82, 2.24) is 26.2 Å². The highest BCUT2D eigenvalue weighted by atomic mass is 28.4. The average molecular weight is 911 g/mol. The van der Waals surface area contributed by atoms with Crippen molar-refractivity contribution in [3.05, 3.63) is 107 Å². The molecular formula is C50H70N6O8Si. The molecule has 4 rings (SSSR count). The topological polar surface area (TPSA) is 188 Å². The lowest BCUT2D eigenvalue weighted by Gasteiger charge is -2.42. The summed E-state index contributed by atoms with van der Waals surface area (Å²) in [6.07, 6.45) is -0.496. The molecule has 0 aromatic heterocycles. The fourth-order valence-corrected chi connectivity index (χ4v) is 8.55. The number of imide groups is 1.